The van der Waals surface area contributed by atoms with Crippen LogP contribution in [0, 0.1) is 0 Å². The van der Waals surface area contributed by atoms with Crippen molar-refractivity contribution in [1.82, 2.24) is 0 Å². The van der Waals surface area contributed by atoms with E-state index in [-0.39, 0.29) is 0 Å². The number of thioether (sulfide) groups is 1. The summed E-state index contributed by atoms with van der Waals surface area (Å²) in [5.41, 5.74) is 0. The molecular formula is C10H8BrClO2S. The molecule has 0 unspecified atom stereocenters. The second-order valence-electron chi connectivity index (χ2n) is 2.90. The third-order valence-corrected chi connectivity index (χ3v) is 3.35. The first-order chi connectivity index (χ1) is 7.24. The fraction of sp³-hybridized carbons (Fsp3) is 0.200. The molecule has 5 heteroatoms. The van der Waals surface area contributed by atoms with Gasteiger partial charge in [-0.1, -0.05) is 0 Å². The van der Waals surface area contributed by atoms with Crippen LogP contribution in [0.3, 0.4) is 0 Å². The molecule has 0 radical (unpaired) electrons. The Morgan fingerprint density at radius 2 is 1.73 bits per heavy atom. The molecule has 80 valence electrons. The van der Waals surface area contributed by atoms with E-state index >= 15 is 0 Å². The maximum absolute atomic E-state index is 5.66. The SMILES string of the molecule is Clc1ccc(CSCc2ccc(Br)o2)o1. The lowest BCUT2D eigenvalue weighted by Crippen LogP contribution is -1.77. The Labute approximate surface area is 105 Å². The van der Waals surface area contributed by atoms with E-state index in [1.165, 1.54) is 0 Å². The summed E-state index contributed by atoms with van der Waals surface area (Å²) in [7, 11) is 0. The molecule has 0 bridgehead atoms. The van der Waals surface area contributed by atoms with Crippen molar-refractivity contribution in [2.75, 3.05) is 0 Å². The minimum absolute atomic E-state index is 0.436. The van der Waals surface area contributed by atoms with Gasteiger partial charge in [0.15, 0.2) is 9.89 Å². The van der Waals surface area contributed by atoms with Gasteiger partial charge in [-0.3, -0.25) is 0 Å². The largest absolute Gasteiger partial charge is 0.453 e. The van der Waals surface area contributed by atoms with Gasteiger partial charge in [0.2, 0.25) is 0 Å². The van der Waals surface area contributed by atoms with Crippen molar-refractivity contribution in [1.29, 1.82) is 0 Å². The first-order valence-corrected chi connectivity index (χ1v) is 6.63. The third kappa shape index (κ3) is 3.33. The summed E-state index contributed by atoms with van der Waals surface area (Å²) in [6.07, 6.45) is 0. The highest BCUT2D eigenvalue weighted by atomic mass is 79.9. The molecule has 0 amide bonds. The van der Waals surface area contributed by atoms with Gasteiger partial charge in [-0.05, 0) is 51.8 Å². The minimum atomic E-state index is 0.436. The smallest absolute Gasteiger partial charge is 0.193 e. The molecule has 0 saturated carbocycles. The minimum Gasteiger partial charge on any atom is -0.453 e. The van der Waals surface area contributed by atoms with Crippen molar-refractivity contribution in [2.45, 2.75) is 11.5 Å². The molecule has 2 aromatic heterocycles. The summed E-state index contributed by atoms with van der Waals surface area (Å²) in [6.45, 7) is 0. The number of hydrogen-bond acceptors (Lipinski definition) is 3. The van der Waals surface area contributed by atoms with Crippen LogP contribution in [0.15, 0.2) is 37.8 Å². The summed E-state index contributed by atoms with van der Waals surface area (Å²) < 4.78 is 11.4. The molecule has 15 heavy (non-hydrogen) atoms. The molecule has 0 N–H and O–H groups in total. The van der Waals surface area contributed by atoms with Crippen LogP contribution >= 0.6 is 39.3 Å². The number of furan rings is 2. The van der Waals surface area contributed by atoms with E-state index in [0.717, 1.165) is 27.7 Å². The predicted molar refractivity (Wildman–Crippen MR) is 65.1 cm³/mol. The fourth-order valence-electron chi connectivity index (χ4n) is 1.11. The maximum Gasteiger partial charge on any atom is 0.193 e. The van der Waals surface area contributed by atoms with Crippen LogP contribution in [0.5, 0.6) is 0 Å². The highest BCUT2D eigenvalue weighted by molar-refractivity contribution is 9.10. The van der Waals surface area contributed by atoms with E-state index in [1.54, 1.807) is 17.8 Å². The van der Waals surface area contributed by atoms with Crippen LogP contribution in [0.2, 0.25) is 5.22 Å². The fourth-order valence-corrected chi connectivity index (χ4v) is 2.43. The van der Waals surface area contributed by atoms with Crippen LogP contribution in [0.1, 0.15) is 11.5 Å². The second kappa shape index (κ2) is 5.14. The van der Waals surface area contributed by atoms with Crippen molar-refractivity contribution < 1.29 is 8.83 Å². The van der Waals surface area contributed by atoms with Gasteiger partial charge in [-0.25, -0.2) is 0 Å². The predicted octanol–water partition coefficient (Wildman–Crippen LogP) is 4.72. The maximum atomic E-state index is 5.66. The molecule has 0 aromatic carbocycles. The van der Waals surface area contributed by atoms with Gasteiger partial charge in [-0.2, -0.15) is 0 Å². The van der Waals surface area contributed by atoms with Crippen molar-refractivity contribution in [3.8, 4) is 0 Å². The molecule has 2 heterocycles. The number of halogens is 2. The van der Waals surface area contributed by atoms with E-state index < -0.39 is 0 Å². The Morgan fingerprint density at radius 3 is 2.27 bits per heavy atom. The molecule has 0 fully saturated rings. The van der Waals surface area contributed by atoms with Crippen molar-refractivity contribution in [3.05, 3.63) is 45.7 Å². The highest BCUT2D eigenvalue weighted by Gasteiger charge is 2.02. The van der Waals surface area contributed by atoms with Crippen LogP contribution < -0.4 is 0 Å². The summed E-state index contributed by atoms with van der Waals surface area (Å²) in [6, 6.07) is 7.47. The van der Waals surface area contributed by atoms with E-state index in [2.05, 4.69) is 15.9 Å². The van der Waals surface area contributed by atoms with Crippen LogP contribution in [0.25, 0.3) is 0 Å². The Kier molecular flexibility index (Phi) is 3.83. The topological polar surface area (TPSA) is 26.3 Å². The lowest BCUT2D eigenvalue weighted by Gasteiger charge is -1.95. The first kappa shape index (κ1) is 11.2. The Bertz CT molecular complexity index is 398. The molecule has 0 aliphatic rings. The summed E-state index contributed by atoms with van der Waals surface area (Å²) in [5.74, 6) is 3.45. The summed E-state index contributed by atoms with van der Waals surface area (Å²) >= 11 is 10.6. The monoisotopic (exact) mass is 306 g/mol. The van der Waals surface area contributed by atoms with Crippen LogP contribution in [0.4, 0.5) is 0 Å². The summed E-state index contributed by atoms with van der Waals surface area (Å²) in [4.78, 5) is 0. The van der Waals surface area contributed by atoms with Gasteiger partial charge < -0.3 is 8.83 Å². The average molecular weight is 308 g/mol. The van der Waals surface area contributed by atoms with E-state index in [4.69, 9.17) is 20.4 Å². The molecule has 2 nitrogen and oxygen atoms in total. The van der Waals surface area contributed by atoms with Gasteiger partial charge in [-0.15, -0.1) is 11.8 Å². The van der Waals surface area contributed by atoms with Gasteiger partial charge in [0.25, 0.3) is 0 Å². The lowest BCUT2D eigenvalue weighted by molar-refractivity contribution is 0.506. The molecule has 0 aliphatic carbocycles. The molecule has 0 atom stereocenters. The molecule has 2 aromatic rings. The Morgan fingerprint density at radius 1 is 1.07 bits per heavy atom. The van der Waals surface area contributed by atoms with Gasteiger partial charge in [0, 0.05) is 0 Å². The van der Waals surface area contributed by atoms with Crippen LogP contribution in [-0.2, 0) is 11.5 Å². The number of rotatable bonds is 4. The van der Waals surface area contributed by atoms with E-state index in [9.17, 15) is 0 Å². The Hall–Kier alpha value is -0.320. The molecule has 2 rings (SSSR count). The van der Waals surface area contributed by atoms with Crippen molar-refractivity contribution >= 4 is 39.3 Å². The molecule has 0 saturated heterocycles. The van der Waals surface area contributed by atoms with E-state index in [0.29, 0.717) is 5.22 Å². The standard InChI is InChI=1S/C10H8BrClO2S/c11-9-3-1-7(13-9)5-15-6-8-2-4-10(12)14-8/h1-4H,5-6H2. The summed E-state index contributed by atoms with van der Waals surface area (Å²) in [5, 5.41) is 0.436. The molecular weight excluding hydrogens is 300 g/mol. The van der Waals surface area contributed by atoms with Crippen molar-refractivity contribution in [3.63, 3.8) is 0 Å². The first-order valence-electron chi connectivity index (χ1n) is 4.30. The second-order valence-corrected chi connectivity index (χ2v) is 5.04. The normalized spacial score (nSPS) is 10.8. The third-order valence-electron chi connectivity index (χ3n) is 1.75. The van der Waals surface area contributed by atoms with Crippen LogP contribution in [-0.4, -0.2) is 0 Å². The van der Waals surface area contributed by atoms with Gasteiger partial charge in [0.1, 0.15) is 11.5 Å². The molecule has 0 aliphatic heterocycles. The lowest BCUT2D eigenvalue weighted by atomic mass is 10.5. The average Bonchev–Trinajstić information content (AvgIpc) is 2.76. The van der Waals surface area contributed by atoms with Gasteiger partial charge >= 0.3 is 0 Å². The Balaban J connectivity index is 1.80. The quantitative estimate of drug-likeness (QED) is 0.817. The van der Waals surface area contributed by atoms with Gasteiger partial charge in [0.05, 0.1) is 11.5 Å². The highest BCUT2D eigenvalue weighted by Crippen LogP contribution is 2.23. The zero-order chi connectivity index (χ0) is 10.7. The number of hydrogen-bond donors (Lipinski definition) is 0. The zero-order valence-corrected chi connectivity index (χ0v) is 10.9. The zero-order valence-electron chi connectivity index (χ0n) is 7.70. The van der Waals surface area contributed by atoms with E-state index in [1.807, 2.05) is 18.2 Å². The molecule has 0 spiro atoms. The van der Waals surface area contributed by atoms with Crippen molar-refractivity contribution in [2.24, 2.45) is 0 Å².